The monoisotopic (exact) mass is 429 g/mol. The number of aromatic nitrogens is 1. The van der Waals surface area contributed by atoms with Crippen LogP contribution in [-0.4, -0.2) is 35.7 Å². The lowest BCUT2D eigenvalue weighted by atomic mass is 10.2. The summed E-state index contributed by atoms with van der Waals surface area (Å²) in [5.41, 5.74) is 7.40. The van der Waals surface area contributed by atoms with Gasteiger partial charge in [0.05, 0.1) is 17.8 Å². The first-order valence-corrected chi connectivity index (χ1v) is 9.66. The average molecular weight is 429 g/mol. The number of benzene rings is 1. The second-order valence-electron chi connectivity index (χ2n) is 6.65. The third-order valence-electron chi connectivity index (χ3n) is 4.14. The zero-order valence-electron chi connectivity index (χ0n) is 17.1. The van der Waals surface area contributed by atoms with Crippen molar-refractivity contribution in [2.75, 3.05) is 25.0 Å². The minimum absolute atomic E-state index is 0.447. The molecule has 164 valence electrons. The first-order valence-electron chi connectivity index (χ1n) is 9.66. The minimum atomic E-state index is -4.36. The molecule has 8 heteroatoms. The summed E-state index contributed by atoms with van der Waals surface area (Å²) in [7, 11) is 0. The van der Waals surface area contributed by atoms with Gasteiger partial charge in [-0.2, -0.15) is 13.2 Å². The van der Waals surface area contributed by atoms with E-state index in [0.717, 1.165) is 17.8 Å². The van der Waals surface area contributed by atoms with Crippen molar-refractivity contribution >= 4 is 11.9 Å². The van der Waals surface area contributed by atoms with Crippen LogP contribution < -0.4 is 11.1 Å². The number of hydrogen-bond acceptors (Lipinski definition) is 5. The molecule has 1 heterocycles. The van der Waals surface area contributed by atoms with Crippen LogP contribution in [0.5, 0.6) is 0 Å². The summed E-state index contributed by atoms with van der Waals surface area (Å²) in [4.78, 5) is 10.8. The second kappa shape index (κ2) is 12.3. The highest BCUT2D eigenvalue weighted by molar-refractivity contribution is 5.71. The topological polar surface area (TPSA) is 66.5 Å². The molecule has 0 fully saturated rings. The van der Waals surface area contributed by atoms with Gasteiger partial charge in [0.1, 0.15) is 0 Å². The average Bonchev–Trinajstić information content (AvgIpc) is 2.75. The van der Waals surface area contributed by atoms with Crippen LogP contribution in [0.3, 0.4) is 0 Å². The number of alkyl halides is 3. The molecule has 5 nitrogen and oxygen atoms in total. The second-order valence-corrected chi connectivity index (χ2v) is 6.65. The molecule has 0 saturated heterocycles. The number of rotatable bonds is 11. The van der Waals surface area contributed by atoms with E-state index in [9.17, 15) is 13.2 Å². The van der Waals surface area contributed by atoms with Crippen LogP contribution in [0.25, 0.3) is 0 Å². The van der Waals surface area contributed by atoms with Crippen molar-refractivity contribution in [1.82, 2.24) is 9.88 Å². The van der Waals surface area contributed by atoms with Crippen molar-refractivity contribution < 1.29 is 13.2 Å². The number of nitrogens with zero attached hydrogens (tertiary/aromatic N) is 3. The molecular formula is C23H26F3N5. The number of halogens is 3. The van der Waals surface area contributed by atoms with Gasteiger partial charge < -0.3 is 11.1 Å². The van der Waals surface area contributed by atoms with Crippen molar-refractivity contribution in [2.45, 2.75) is 12.7 Å². The van der Waals surface area contributed by atoms with Crippen LogP contribution in [0, 0.1) is 0 Å². The van der Waals surface area contributed by atoms with Gasteiger partial charge in [0.25, 0.3) is 0 Å². The Bertz CT molecular complexity index is 888. The van der Waals surface area contributed by atoms with Crippen molar-refractivity contribution in [3.63, 3.8) is 0 Å². The van der Waals surface area contributed by atoms with E-state index in [2.05, 4.69) is 26.8 Å². The Labute approximate surface area is 180 Å². The number of nitrogens with two attached hydrogens (primary N) is 1. The lowest BCUT2D eigenvalue weighted by Gasteiger charge is -2.21. The van der Waals surface area contributed by atoms with E-state index in [-0.39, 0.29) is 0 Å². The molecule has 0 aliphatic rings. The van der Waals surface area contributed by atoms with Crippen LogP contribution in [0.15, 0.2) is 90.4 Å². The van der Waals surface area contributed by atoms with Gasteiger partial charge in [-0.25, -0.2) is 0 Å². The number of aliphatic imine (C=N–C) groups is 1. The largest absolute Gasteiger partial charge is 0.416 e. The van der Waals surface area contributed by atoms with Gasteiger partial charge in [-0.15, -0.1) is 0 Å². The summed E-state index contributed by atoms with van der Waals surface area (Å²) in [6, 6.07) is 10.5. The molecule has 0 atom stereocenters. The van der Waals surface area contributed by atoms with Crippen molar-refractivity contribution in [3.05, 3.63) is 96.6 Å². The Morgan fingerprint density at radius 2 is 1.94 bits per heavy atom. The third kappa shape index (κ3) is 9.31. The lowest BCUT2D eigenvalue weighted by molar-refractivity contribution is -0.137. The van der Waals surface area contributed by atoms with E-state index in [0.29, 0.717) is 37.6 Å². The summed E-state index contributed by atoms with van der Waals surface area (Å²) in [6.45, 7) is 5.87. The smallest absolute Gasteiger partial charge is 0.400 e. The zero-order valence-corrected chi connectivity index (χ0v) is 17.1. The highest BCUT2D eigenvalue weighted by Crippen LogP contribution is 2.29. The highest BCUT2D eigenvalue weighted by Gasteiger charge is 2.29. The number of hydrogen-bond donors (Lipinski definition) is 2. The maximum Gasteiger partial charge on any atom is 0.416 e. The minimum Gasteiger partial charge on any atom is -0.400 e. The summed E-state index contributed by atoms with van der Waals surface area (Å²) >= 11 is 0. The fourth-order valence-corrected chi connectivity index (χ4v) is 2.63. The van der Waals surface area contributed by atoms with Crippen molar-refractivity contribution in [1.29, 1.82) is 0 Å². The van der Waals surface area contributed by atoms with Crippen molar-refractivity contribution in [3.8, 4) is 0 Å². The molecule has 31 heavy (non-hydrogen) atoms. The molecule has 0 unspecified atom stereocenters. The first kappa shape index (κ1) is 23.9. The Hall–Kier alpha value is -3.39. The molecule has 0 amide bonds. The first-order chi connectivity index (χ1) is 14.9. The standard InChI is InChI=1S/C23H26F3N5/c1-2-3-5-12-28-14-15-31(18-22-7-4-6-13-29-22)17-20(27)16-30-21-10-8-19(9-11-21)23(24,25)26/h2-13,16,30H,1,14-15,17-18,27H2/b5-3-,20-16-,28-12-. The van der Waals surface area contributed by atoms with Gasteiger partial charge in [-0.1, -0.05) is 24.8 Å². The SMILES string of the molecule is C=C/C=C\C=N/CCN(C/C(N)=C/Nc1ccc(C(F)(F)F)cc1)Cc1ccccn1. The van der Waals surface area contributed by atoms with Crippen molar-refractivity contribution in [2.24, 2.45) is 10.7 Å². The predicted octanol–water partition coefficient (Wildman–Crippen LogP) is 4.63. The molecule has 2 rings (SSSR count). The van der Waals surface area contributed by atoms with Gasteiger partial charge >= 0.3 is 6.18 Å². The van der Waals surface area contributed by atoms with Crippen LogP contribution in [0.4, 0.5) is 18.9 Å². The molecule has 0 spiro atoms. The number of nitrogens with one attached hydrogen (secondary N) is 1. The number of pyridine rings is 1. The fraction of sp³-hybridized carbons (Fsp3) is 0.217. The van der Waals surface area contributed by atoms with E-state index in [1.807, 2.05) is 18.2 Å². The Morgan fingerprint density at radius 3 is 2.58 bits per heavy atom. The third-order valence-corrected chi connectivity index (χ3v) is 4.14. The molecule has 0 bridgehead atoms. The van der Waals surface area contributed by atoms with Crippen LogP contribution in [0.1, 0.15) is 11.3 Å². The summed E-state index contributed by atoms with van der Waals surface area (Å²) in [5, 5.41) is 2.94. The van der Waals surface area contributed by atoms with Crippen LogP contribution in [-0.2, 0) is 12.7 Å². The Balaban J connectivity index is 1.97. The Kier molecular flexibility index (Phi) is 9.51. The van der Waals surface area contributed by atoms with Crippen LogP contribution in [0.2, 0.25) is 0 Å². The summed E-state index contributed by atoms with van der Waals surface area (Å²) in [6.07, 6.45) is 5.95. The van der Waals surface area contributed by atoms with E-state index in [4.69, 9.17) is 5.73 Å². The van der Waals surface area contributed by atoms with Crippen LogP contribution >= 0.6 is 0 Å². The van der Waals surface area contributed by atoms with Gasteiger partial charge in [-0.3, -0.25) is 14.9 Å². The Morgan fingerprint density at radius 1 is 1.16 bits per heavy atom. The lowest BCUT2D eigenvalue weighted by Crippen LogP contribution is -2.31. The van der Waals surface area contributed by atoms with Gasteiger partial charge in [0, 0.05) is 49.6 Å². The van der Waals surface area contributed by atoms with E-state index in [1.165, 1.54) is 12.1 Å². The molecule has 1 aromatic carbocycles. The van der Waals surface area contributed by atoms with E-state index >= 15 is 0 Å². The molecule has 2 aromatic rings. The van der Waals surface area contributed by atoms with Gasteiger partial charge in [-0.05, 0) is 42.5 Å². The molecule has 0 aliphatic heterocycles. The fourth-order valence-electron chi connectivity index (χ4n) is 2.63. The number of allylic oxidation sites excluding steroid dienone is 3. The normalized spacial score (nSPS) is 12.7. The number of anilines is 1. The molecular weight excluding hydrogens is 403 g/mol. The maximum absolute atomic E-state index is 12.7. The quantitative estimate of drug-likeness (QED) is 0.404. The highest BCUT2D eigenvalue weighted by atomic mass is 19.4. The predicted molar refractivity (Wildman–Crippen MR) is 120 cm³/mol. The molecule has 3 N–H and O–H groups in total. The molecule has 1 aromatic heterocycles. The van der Waals surface area contributed by atoms with E-state index in [1.54, 1.807) is 36.8 Å². The molecule has 0 aliphatic carbocycles. The molecule has 0 saturated carbocycles. The maximum atomic E-state index is 12.7. The molecule has 0 radical (unpaired) electrons. The van der Waals surface area contributed by atoms with E-state index < -0.39 is 11.7 Å². The summed E-state index contributed by atoms with van der Waals surface area (Å²) < 4.78 is 38.0. The van der Waals surface area contributed by atoms with Gasteiger partial charge in [0.2, 0.25) is 0 Å². The summed E-state index contributed by atoms with van der Waals surface area (Å²) in [5.74, 6) is 0. The van der Waals surface area contributed by atoms with Gasteiger partial charge in [0.15, 0.2) is 0 Å². The zero-order chi connectivity index (χ0) is 22.5.